The number of rotatable bonds is 4. The van der Waals surface area contributed by atoms with Gasteiger partial charge in [-0.15, -0.1) is 5.10 Å². The van der Waals surface area contributed by atoms with Gasteiger partial charge in [-0.3, -0.25) is 4.79 Å². The molecular weight excluding hydrogens is 448 g/mol. The van der Waals surface area contributed by atoms with Crippen LogP contribution in [0.2, 0.25) is 0 Å². The zero-order valence-electron chi connectivity index (χ0n) is 15.5. The molecule has 0 unspecified atom stereocenters. The number of thioether (sulfide) groups is 1. The van der Waals surface area contributed by atoms with Gasteiger partial charge in [0.05, 0.1) is 11.3 Å². The fraction of sp³-hybridized carbons (Fsp3) is 0.182. The van der Waals surface area contributed by atoms with Crippen LogP contribution in [0, 0.1) is 0 Å². The topological polar surface area (TPSA) is 60.2 Å². The van der Waals surface area contributed by atoms with Crippen molar-refractivity contribution in [2.75, 3.05) is 0 Å². The summed E-state index contributed by atoms with van der Waals surface area (Å²) in [5.74, 6) is 1.61. The van der Waals surface area contributed by atoms with E-state index in [1.807, 2.05) is 30.3 Å². The Balaban J connectivity index is 1.40. The van der Waals surface area contributed by atoms with Crippen molar-refractivity contribution in [3.05, 3.63) is 87.7 Å². The van der Waals surface area contributed by atoms with Gasteiger partial charge in [-0.25, -0.2) is 9.50 Å². The molecular formula is C22H17BrN4OS. The zero-order chi connectivity index (χ0) is 19.8. The number of hydrogen-bond donors (Lipinski definition) is 0. The SMILES string of the molecule is O=C1C[C@@H](c2ccccc2)Cc2nc3nc(SCc4ccc(Br)cc4)nn3cc21. The van der Waals surface area contributed by atoms with Gasteiger partial charge in [0.15, 0.2) is 5.78 Å². The molecule has 2 heterocycles. The maximum atomic E-state index is 12.7. The number of aromatic nitrogens is 4. The van der Waals surface area contributed by atoms with E-state index in [1.54, 1.807) is 22.5 Å². The lowest BCUT2D eigenvalue weighted by molar-refractivity contribution is 0.0962. The molecule has 2 aromatic heterocycles. The summed E-state index contributed by atoms with van der Waals surface area (Å²) < 4.78 is 2.69. The van der Waals surface area contributed by atoms with Crippen molar-refractivity contribution in [1.82, 2.24) is 19.6 Å². The van der Waals surface area contributed by atoms with E-state index >= 15 is 0 Å². The Labute approximate surface area is 180 Å². The summed E-state index contributed by atoms with van der Waals surface area (Å²) in [6.45, 7) is 0. The van der Waals surface area contributed by atoms with Gasteiger partial charge in [0, 0.05) is 22.8 Å². The second-order valence-electron chi connectivity index (χ2n) is 7.09. The molecule has 0 spiro atoms. The van der Waals surface area contributed by atoms with E-state index in [1.165, 1.54) is 11.1 Å². The maximum absolute atomic E-state index is 12.7. The number of carbonyl (C=O) groups excluding carboxylic acids is 1. The van der Waals surface area contributed by atoms with Gasteiger partial charge in [-0.05, 0) is 35.6 Å². The van der Waals surface area contributed by atoms with E-state index in [2.05, 4.69) is 55.3 Å². The second kappa shape index (κ2) is 7.72. The Hall–Kier alpha value is -2.51. The Morgan fingerprint density at radius 2 is 1.83 bits per heavy atom. The van der Waals surface area contributed by atoms with Crippen molar-refractivity contribution in [3.63, 3.8) is 0 Å². The third-order valence-corrected chi connectivity index (χ3v) is 6.55. The van der Waals surface area contributed by atoms with Crippen LogP contribution in [-0.2, 0) is 12.2 Å². The number of fused-ring (bicyclic) bond motifs is 2. The summed E-state index contributed by atoms with van der Waals surface area (Å²) >= 11 is 5.01. The molecule has 7 heteroatoms. The lowest BCUT2D eigenvalue weighted by atomic mass is 9.82. The molecule has 4 aromatic rings. The van der Waals surface area contributed by atoms with E-state index in [9.17, 15) is 4.79 Å². The highest BCUT2D eigenvalue weighted by Gasteiger charge is 2.28. The highest BCUT2D eigenvalue weighted by molar-refractivity contribution is 9.10. The predicted molar refractivity (Wildman–Crippen MR) is 116 cm³/mol. The average Bonchev–Trinajstić information content (AvgIpc) is 3.14. The number of halogens is 1. The normalized spacial score (nSPS) is 16.2. The minimum absolute atomic E-state index is 0.120. The summed E-state index contributed by atoms with van der Waals surface area (Å²) in [4.78, 5) is 22.0. The van der Waals surface area contributed by atoms with Gasteiger partial charge in [0.1, 0.15) is 0 Å². The van der Waals surface area contributed by atoms with Gasteiger partial charge in [0.2, 0.25) is 5.16 Å². The average molecular weight is 465 g/mol. The summed E-state index contributed by atoms with van der Waals surface area (Å²) in [7, 11) is 0. The zero-order valence-corrected chi connectivity index (χ0v) is 17.9. The van der Waals surface area contributed by atoms with Crippen LogP contribution in [0.3, 0.4) is 0 Å². The van der Waals surface area contributed by atoms with Crippen LogP contribution in [-0.4, -0.2) is 25.4 Å². The van der Waals surface area contributed by atoms with Gasteiger partial charge in [0.25, 0.3) is 5.78 Å². The first-order chi connectivity index (χ1) is 14.2. The number of Topliss-reactive ketones (excluding diaryl/α,β-unsaturated/α-hetero) is 1. The van der Waals surface area contributed by atoms with Gasteiger partial charge < -0.3 is 0 Å². The first kappa shape index (κ1) is 18.5. The van der Waals surface area contributed by atoms with Crippen LogP contribution in [0.15, 0.2) is 70.4 Å². The van der Waals surface area contributed by atoms with Crippen molar-refractivity contribution >= 4 is 39.3 Å². The third-order valence-electron chi connectivity index (χ3n) is 5.12. The molecule has 5 nitrogen and oxygen atoms in total. The van der Waals surface area contributed by atoms with Crippen molar-refractivity contribution in [2.45, 2.75) is 29.7 Å². The Morgan fingerprint density at radius 3 is 2.62 bits per heavy atom. The Morgan fingerprint density at radius 1 is 1.03 bits per heavy atom. The van der Waals surface area contributed by atoms with Crippen molar-refractivity contribution in [3.8, 4) is 0 Å². The van der Waals surface area contributed by atoms with E-state index < -0.39 is 0 Å². The quantitative estimate of drug-likeness (QED) is 0.393. The van der Waals surface area contributed by atoms with E-state index in [-0.39, 0.29) is 11.7 Å². The van der Waals surface area contributed by atoms with Crippen LogP contribution < -0.4 is 0 Å². The van der Waals surface area contributed by atoms with Crippen LogP contribution >= 0.6 is 27.7 Å². The lowest BCUT2D eigenvalue weighted by Crippen LogP contribution is -2.21. The predicted octanol–water partition coefficient (Wildman–Crippen LogP) is 5.09. The van der Waals surface area contributed by atoms with Crippen LogP contribution in [0.25, 0.3) is 5.78 Å². The molecule has 29 heavy (non-hydrogen) atoms. The maximum Gasteiger partial charge on any atom is 0.253 e. The van der Waals surface area contributed by atoms with Crippen LogP contribution in [0.5, 0.6) is 0 Å². The molecule has 0 aliphatic heterocycles. The van der Waals surface area contributed by atoms with Crippen LogP contribution in [0.4, 0.5) is 0 Å². The summed E-state index contributed by atoms with van der Waals surface area (Å²) in [5, 5.41) is 5.17. The molecule has 144 valence electrons. The molecule has 0 radical (unpaired) electrons. The van der Waals surface area contributed by atoms with Gasteiger partial charge in [-0.1, -0.05) is 70.2 Å². The molecule has 0 saturated heterocycles. The summed E-state index contributed by atoms with van der Waals surface area (Å²) in [6.07, 6.45) is 3.04. The minimum atomic E-state index is 0.120. The largest absolute Gasteiger partial charge is 0.294 e. The monoisotopic (exact) mass is 464 g/mol. The smallest absolute Gasteiger partial charge is 0.253 e. The first-order valence-corrected chi connectivity index (χ1v) is 11.2. The molecule has 0 saturated carbocycles. The third kappa shape index (κ3) is 3.84. The highest BCUT2D eigenvalue weighted by atomic mass is 79.9. The number of carbonyl (C=O) groups is 1. The molecule has 1 atom stereocenters. The highest BCUT2D eigenvalue weighted by Crippen LogP contribution is 2.32. The molecule has 0 amide bonds. The molecule has 1 aliphatic rings. The Bertz CT molecular complexity index is 1190. The van der Waals surface area contributed by atoms with Crippen molar-refractivity contribution in [1.29, 1.82) is 0 Å². The molecule has 5 rings (SSSR count). The fourth-order valence-corrected chi connectivity index (χ4v) is 4.66. The number of hydrogen-bond acceptors (Lipinski definition) is 5. The number of benzene rings is 2. The van der Waals surface area contributed by atoms with E-state index in [0.717, 1.165) is 22.3 Å². The van der Waals surface area contributed by atoms with Gasteiger partial charge >= 0.3 is 0 Å². The Kier molecular flexibility index (Phi) is 4.93. The van der Waals surface area contributed by atoms with Gasteiger partial charge in [-0.2, -0.15) is 4.98 Å². The lowest BCUT2D eigenvalue weighted by Gasteiger charge is -2.22. The molecule has 1 aliphatic carbocycles. The summed E-state index contributed by atoms with van der Waals surface area (Å²) in [5.41, 5.74) is 3.86. The molecule has 2 aromatic carbocycles. The number of nitrogens with zero attached hydrogens (tertiary/aromatic N) is 4. The first-order valence-electron chi connectivity index (χ1n) is 9.37. The van der Waals surface area contributed by atoms with Crippen molar-refractivity contribution < 1.29 is 4.79 Å². The van der Waals surface area contributed by atoms with Crippen LogP contribution in [0.1, 0.15) is 39.5 Å². The summed E-state index contributed by atoms with van der Waals surface area (Å²) in [6, 6.07) is 18.4. The standard InChI is InChI=1S/C22H17BrN4OS/c23-17-8-6-14(7-9-17)13-29-22-25-21-24-19-10-16(15-4-2-1-3-5-15)11-20(28)18(19)12-27(21)26-22/h1-9,12,16H,10-11,13H2/t16-/m0/s1. The van der Waals surface area contributed by atoms with E-state index in [0.29, 0.717) is 22.9 Å². The second-order valence-corrected chi connectivity index (χ2v) is 8.95. The van der Waals surface area contributed by atoms with E-state index in [4.69, 9.17) is 0 Å². The molecule has 0 fully saturated rings. The fourth-order valence-electron chi connectivity index (χ4n) is 3.61. The molecule has 0 N–H and O–H groups in total. The molecule has 0 bridgehead atoms. The minimum Gasteiger partial charge on any atom is -0.294 e. The van der Waals surface area contributed by atoms with Crippen molar-refractivity contribution in [2.24, 2.45) is 0 Å². The number of ketones is 1.